The molecule has 2 amide bonds. The molecular weight excluding hydrogens is 662 g/mol. The van der Waals surface area contributed by atoms with Crippen LogP contribution in [0.2, 0.25) is 0 Å². The third-order valence-corrected chi connectivity index (χ3v) is 11.1. The minimum atomic E-state index is -3.74. The van der Waals surface area contributed by atoms with Gasteiger partial charge in [-0.15, -0.1) is 0 Å². The molecule has 1 aliphatic carbocycles. The average molecular weight is 714 g/mol. The number of sulfonamides is 1. The molecule has 3 aromatic rings. The molecule has 1 aliphatic heterocycles. The van der Waals surface area contributed by atoms with Gasteiger partial charge in [-0.25, -0.2) is 27.5 Å². The second-order valence-electron chi connectivity index (χ2n) is 13.3. The number of nitrogens with two attached hydrogens (primary N) is 1. The van der Waals surface area contributed by atoms with Gasteiger partial charge in [-0.05, 0) is 88.0 Å². The van der Waals surface area contributed by atoms with Gasteiger partial charge in [-0.2, -0.15) is 0 Å². The number of amides is 2. The number of hydrogen-bond donors (Lipinski definition) is 3. The number of nitrogens with one attached hydrogen (secondary N) is 1. The van der Waals surface area contributed by atoms with Crippen LogP contribution in [0.4, 0.5) is 9.59 Å². The Morgan fingerprint density at radius 2 is 1.72 bits per heavy atom. The summed E-state index contributed by atoms with van der Waals surface area (Å²) in [7, 11) is 2.73. The smallest absolute Gasteiger partial charge is 0.420 e. The van der Waals surface area contributed by atoms with E-state index in [-0.39, 0.29) is 11.8 Å². The lowest BCUT2D eigenvalue weighted by Crippen LogP contribution is -2.41. The van der Waals surface area contributed by atoms with Crippen molar-refractivity contribution < 1.29 is 37.4 Å². The lowest BCUT2D eigenvalue weighted by Gasteiger charge is -2.30. The van der Waals surface area contributed by atoms with E-state index in [1.165, 1.54) is 59.7 Å². The summed E-state index contributed by atoms with van der Waals surface area (Å²) < 4.78 is 36.8. The number of primary amides is 1. The average Bonchev–Trinajstić information content (AvgIpc) is 3.28. The number of ether oxygens (including phenoxy) is 2. The van der Waals surface area contributed by atoms with Crippen LogP contribution in [0.1, 0.15) is 71.5 Å². The fourth-order valence-electron chi connectivity index (χ4n) is 7.20. The van der Waals surface area contributed by atoms with Crippen molar-refractivity contribution in [1.82, 2.24) is 19.1 Å². The number of likely N-dealkylation sites (N-methyl/N-ethyl adjacent to an activating group) is 2. The van der Waals surface area contributed by atoms with E-state index in [2.05, 4.69) is 61.7 Å². The van der Waals surface area contributed by atoms with E-state index >= 15 is 0 Å². The van der Waals surface area contributed by atoms with Crippen LogP contribution in [0, 0.1) is 6.92 Å². The number of fused-ring (bicyclic) bond motifs is 5. The lowest BCUT2D eigenvalue weighted by atomic mass is 9.80. The predicted octanol–water partition coefficient (Wildman–Crippen LogP) is 4.94. The largest absolute Gasteiger partial charge is 0.478 e. The molecule has 1 saturated carbocycles. The van der Waals surface area contributed by atoms with Gasteiger partial charge in [0.25, 0.3) is 0 Å². The summed E-state index contributed by atoms with van der Waals surface area (Å²) in [5.41, 5.74) is 12.2. The van der Waals surface area contributed by atoms with Gasteiger partial charge in [0, 0.05) is 42.1 Å². The van der Waals surface area contributed by atoms with Crippen molar-refractivity contribution in [3.63, 3.8) is 0 Å². The zero-order valence-electron chi connectivity index (χ0n) is 29.7. The fourth-order valence-corrected chi connectivity index (χ4v) is 8.15. The van der Waals surface area contributed by atoms with E-state index in [1.807, 2.05) is 23.9 Å². The van der Waals surface area contributed by atoms with Crippen molar-refractivity contribution in [2.75, 3.05) is 53.7 Å². The molecule has 2 aliphatic rings. The molecule has 0 bridgehead atoms. The summed E-state index contributed by atoms with van der Waals surface area (Å²) in [5.74, 6) is -0.621. The Morgan fingerprint density at radius 1 is 1.02 bits per heavy atom. The number of aryl methyl sites for hydroxylation is 1. The Balaban J connectivity index is 0.00000105. The van der Waals surface area contributed by atoms with Crippen molar-refractivity contribution in [3.05, 3.63) is 58.7 Å². The normalized spacial score (nSPS) is 16.2. The molecule has 14 heteroatoms. The van der Waals surface area contributed by atoms with Crippen LogP contribution in [0.15, 0.2) is 36.4 Å². The van der Waals surface area contributed by atoms with Crippen molar-refractivity contribution in [2.45, 2.75) is 70.4 Å². The third-order valence-electron chi connectivity index (χ3n) is 9.84. The summed E-state index contributed by atoms with van der Waals surface area (Å²) in [4.78, 5) is 37.2. The fraction of sp³-hybridized carbons (Fsp3) is 0.528. The van der Waals surface area contributed by atoms with Crippen molar-refractivity contribution in [3.8, 4) is 11.3 Å². The first kappa shape index (κ1) is 38.7. The molecule has 5 rings (SSSR count). The van der Waals surface area contributed by atoms with Crippen LogP contribution in [0.3, 0.4) is 0 Å². The monoisotopic (exact) mass is 713 g/mol. The van der Waals surface area contributed by atoms with Gasteiger partial charge >= 0.3 is 18.2 Å². The number of carboxylic acid groups (broad SMARTS) is 1. The highest BCUT2D eigenvalue weighted by Gasteiger charge is 2.33. The molecule has 0 spiro atoms. The number of aromatic nitrogens is 1. The van der Waals surface area contributed by atoms with Crippen LogP contribution >= 0.6 is 0 Å². The van der Waals surface area contributed by atoms with Crippen LogP contribution in [0.25, 0.3) is 22.2 Å². The first-order valence-corrected chi connectivity index (χ1v) is 18.7. The maximum atomic E-state index is 12.1. The van der Waals surface area contributed by atoms with E-state index < -0.39 is 28.2 Å². The number of carbonyl (C=O) groups is 3. The standard InChI is InChI=1S/C34H46N4O6S.C2H5NO2/c1-23-10-8-13-25-20-27(37(3)18-17-36(2)16-9-19-45(42,43)35-34(41)44-4)22-38-29-21-26(33(39)40)14-15-28(29)31(32(38)30(23)25)24-11-6-5-7-12-24;1-5-2(3)4/h8,10,13-15,21,24,27H,5-7,9,11-12,16-20,22H2,1-4H3,(H,35,41)(H,39,40);1H3,(H2,3,4). The molecule has 0 radical (unpaired) electrons. The van der Waals surface area contributed by atoms with Gasteiger partial charge in [0.05, 0.1) is 31.2 Å². The van der Waals surface area contributed by atoms with Gasteiger partial charge in [-0.3, -0.25) is 0 Å². The number of methoxy groups -OCH3 is 2. The van der Waals surface area contributed by atoms with Gasteiger partial charge in [0.2, 0.25) is 10.0 Å². The highest BCUT2D eigenvalue weighted by molar-refractivity contribution is 7.90. The van der Waals surface area contributed by atoms with E-state index in [0.717, 1.165) is 51.5 Å². The predicted molar refractivity (Wildman–Crippen MR) is 193 cm³/mol. The van der Waals surface area contributed by atoms with E-state index in [1.54, 1.807) is 6.07 Å². The highest BCUT2D eigenvalue weighted by atomic mass is 32.2. The minimum Gasteiger partial charge on any atom is -0.478 e. The number of carbonyl (C=O) groups excluding carboxylic acids is 2. The van der Waals surface area contributed by atoms with Crippen LogP contribution in [-0.4, -0.2) is 106 Å². The third kappa shape index (κ3) is 9.55. The summed E-state index contributed by atoms with van der Waals surface area (Å²) in [6, 6.07) is 12.4. The molecule has 1 aromatic heterocycles. The van der Waals surface area contributed by atoms with Crippen molar-refractivity contribution in [2.24, 2.45) is 5.73 Å². The molecule has 50 heavy (non-hydrogen) atoms. The molecule has 1 atom stereocenters. The topological polar surface area (TPSA) is 173 Å². The Labute approximate surface area is 294 Å². The Kier molecular flexibility index (Phi) is 13.3. The minimum absolute atomic E-state index is 0.161. The highest BCUT2D eigenvalue weighted by Crippen LogP contribution is 2.47. The van der Waals surface area contributed by atoms with Crippen molar-refractivity contribution >= 4 is 39.1 Å². The van der Waals surface area contributed by atoms with Crippen LogP contribution in [0.5, 0.6) is 0 Å². The molecule has 13 nitrogen and oxygen atoms in total. The summed E-state index contributed by atoms with van der Waals surface area (Å²) >= 11 is 0. The quantitative estimate of drug-likeness (QED) is 0.247. The number of nitrogens with zero attached hydrogens (tertiary/aromatic N) is 3. The zero-order chi connectivity index (χ0) is 36.6. The zero-order valence-corrected chi connectivity index (χ0v) is 30.6. The Morgan fingerprint density at radius 3 is 2.36 bits per heavy atom. The van der Waals surface area contributed by atoms with Crippen LogP contribution < -0.4 is 10.5 Å². The number of benzene rings is 2. The molecule has 2 heterocycles. The second kappa shape index (κ2) is 17.2. The Bertz CT molecular complexity index is 1780. The lowest BCUT2D eigenvalue weighted by molar-refractivity contribution is 0.0696. The Hall–Kier alpha value is -4.14. The first-order chi connectivity index (χ1) is 23.8. The molecule has 0 saturated heterocycles. The van der Waals surface area contributed by atoms with Gasteiger partial charge in [-0.1, -0.05) is 43.5 Å². The maximum absolute atomic E-state index is 12.1. The van der Waals surface area contributed by atoms with Gasteiger partial charge < -0.3 is 34.7 Å². The van der Waals surface area contributed by atoms with Crippen LogP contribution in [-0.2, 0) is 32.5 Å². The molecule has 1 unspecified atom stereocenters. The summed E-state index contributed by atoms with van der Waals surface area (Å²) in [6.45, 7) is 5.02. The molecule has 4 N–H and O–H groups in total. The van der Waals surface area contributed by atoms with Crippen molar-refractivity contribution in [1.29, 1.82) is 0 Å². The molecule has 2 aromatic carbocycles. The summed E-state index contributed by atoms with van der Waals surface area (Å²) in [6.07, 6.45) is 5.56. The second-order valence-corrected chi connectivity index (χ2v) is 15.1. The number of carboxylic acids is 1. The van der Waals surface area contributed by atoms with E-state index in [4.69, 9.17) is 0 Å². The van der Waals surface area contributed by atoms with Gasteiger partial charge in [0.15, 0.2) is 0 Å². The summed E-state index contributed by atoms with van der Waals surface area (Å²) in [5, 5.41) is 11.1. The number of hydrogen-bond acceptors (Lipinski definition) is 9. The molecule has 1 fully saturated rings. The number of rotatable bonds is 11. The van der Waals surface area contributed by atoms with E-state index in [0.29, 0.717) is 24.4 Å². The van der Waals surface area contributed by atoms with E-state index in [9.17, 15) is 27.9 Å². The maximum Gasteiger partial charge on any atom is 0.420 e. The van der Waals surface area contributed by atoms with Gasteiger partial charge in [0.1, 0.15) is 0 Å². The molecule has 274 valence electrons. The first-order valence-electron chi connectivity index (χ1n) is 17.0. The SMILES string of the molecule is COC(=O)NS(=O)(=O)CCCN(C)CCN(C)C1Cc2cccc(C)c2-c2c(C3CCCCC3)c3ccc(C(=O)O)cc3n2C1.COC(N)=O. The molecular formula is C36H51N5O8S. The number of aromatic carboxylic acids is 1.